The van der Waals surface area contributed by atoms with Crippen LogP contribution in [0.2, 0.25) is 0 Å². The Labute approximate surface area is 149 Å². The third kappa shape index (κ3) is 2.44. The second kappa shape index (κ2) is 5.94. The number of aromatic amines is 1. The van der Waals surface area contributed by atoms with Gasteiger partial charge in [0.2, 0.25) is 0 Å². The molecule has 0 aliphatic carbocycles. The fraction of sp³-hybridized carbons (Fsp3) is 0.263. The zero-order valence-corrected chi connectivity index (χ0v) is 14.2. The SMILES string of the molecule is O=C(c1ccc2nc[nH]c2c1)N1CCC(c2ccnc3ccnn23)CC1. The molecule has 1 aliphatic heterocycles. The number of likely N-dealkylation sites (tertiary alicyclic amines) is 1. The van der Waals surface area contributed by atoms with Crippen molar-refractivity contribution in [2.75, 3.05) is 13.1 Å². The maximum Gasteiger partial charge on any atom is 0.253 e. The summed E-state index contributed by atoms with van der Waals surface area (Å²) < 4.78 is 1.91. The van der Waals surface area contributed by atoms with Crippen LogP contribution < -0.4 is 0 Å². The molecule has 3 aromatic heterocycles. The molecular formula is C19H18N6O. The van der Waals surface area contributed by atoms with Gasteiger partial charge in [0.15, 0.2) is 5.65 Å². The predicted octanol–water partition coefficient (Wildman–Crippen LogP) is 2.63. The lowest BCUT2D eigenvalue weighted by atomic mass is 9.93. The summed E-state index contributed by atoms with van der Waals surface area (Å²) >= 11 is 0. The molecule has 4 heterocycles. The number of hydrogen-bond donors (Lipinski definition) is 1. The van der Waals surface area contributed by atoms with Crippen molar-refractivity contribution in [1.82, 2.24) is 29.5 Å². The minimum atomic E-state index is 0.0823. The van der Waals surface area contributed by atoms with E-state index in [4.69, 9.17) is 0 Å². The molecule has 26 heavy (non-hydrogen) atoms. The third-order valence-corrected chi connectivity index (χ3v) is 5.19. The van der Waals surface area contributed by atoms with Crippen molar-refractivity contribution in [3.63, 3.8) is 0 Å². The molecule has 7 nitrogen and oxygen atoms in total. The second-order valence-electron chi connectivity index (χ2n) is 6.67. The fourth-order valence-corrected chi connectivity index (χ4v) is 3.79. The summed E-state index contributed by atoms with van der Waals surface area (Å²) in [6, 6.07) is 9.57. The molecule has 7 heteroatoms. The molecule has 0 radical (unpaired) electrons. The van der Waals surface area contributed by atoms with Crippen LogP contribution in [0.5, 0.6) is 0 Å². The Morgan fingerprint density at radius 2 is 1.96 bits per heavy atom. The average Bonchev–Trinajstić information content (AvgIpc) is 3.35. The summed E-state index contributed by atoms with van der Waals surface area (Å²) in [7, 11) is 0. The highest BCUT2D eigenvalue weighted by molar-refractivity contribution is 5.97. The number of aromatic nitrogens is 5. The Morgan fingerprint density at radius 3 is 2.85 bits per heavy atom. The Morgan fingerprint density at radius 1 is 1.08 bits per heavy atom. The molecule has 130 valence electrons. The van der Waals surface area contributed by atoms with E-state index < -0.39 is 0 Å². The fourth-order valence-electron chi connectivity index (χ4n) is 3.79. The topological polar surface area (TPSA) is 79.2 Å². The number of carbonyl (C=O) groups is 1. The maximum atomic E-state index is 12.8. The first-order valence-corrected chi connectivity index (χ1v) is 8.81. The lowest BCUT2D eigenvalue weighted by Crippen LogP contribution is -2.38. The predicted molar refractivity (Wildman–Crippen MR) is 97.0 cm³/mol. The molecule has 4 aromatic rings. The van der Waals surface area contributed by atoms with Crippen LogP contribution in [-0.2, 0) is 0 Å². The number of fused-ring (bicyclic) bond motifs is 2. The molecule has 0 spiro atoms. The van der Waals surface area contributed by atoms with Crippen molar-refractivity contribution in [1.29, 1.82) is 0 Å². The normalized spacial score (nSPS) is 15.8. The van der Waals surface area contributed by atoms with Gasteiger partial charge in [-0.1, -0.05) is 0 Å². The van der Waals surface area contributed by atoms with Gasteiger partial charge >= 0.3 is 0 Å². The van der Waals surface area contributed by atoms with Crippen molar-refractivity contribution >= 4 is 22.6 Å². The quantitative estimate of drug-likeness (QED) is 0.605. The molecule has 1 aromatic carbocycles. The first-order chi connectivity index (χ1) is 12.8. The van der Waals surface area contributed by atoms with Crippen molar-refractivity contribution in [2.45, 2.75) is 18.8 Å². The highest BCUT2D eigenvalue weighted by Crippen LogP contribution is 2.28. The number of imidazole rings is 1. The standard InChI is InChI=1S/C19H18N6O/c26-19(14-1-2-15-16(11-14)22-12-21-15)24-9-5-13(6-10-24)17-3-7-20-18-4-8-23-25(17)18/h1-4,7-8,11-13H,5-6,9-10H2,(H,21,22). The highest BCUT2D eigenvalue weighted by atomic mass is 16.2. The lowest BCUT2D eigenvalue weighted by Gasteiger charge is -2.32. The number of carbonyl (C=O) groups excluding carboxylic acids is 1. The number of hydrogen-bond acceptors (Lipinski definition) is 4. The molecular weight excluding hydrogens is 328 g/mol. The monoisotopic (exact) mass is 346 g/mol. The molecule has 0 bridgehead atoms. The van der Waals surface area contributed by atoms with E-state index in [0.29, 0.717) is 11.5 Å². The minimum absolute atomic E-state index is 0.0823. The van der Waals surface area contributed by atoms with Gasteiger partial charge in [0.25, 0.3) is 5.91 Å². The Hall–Kier alpha value is -3.22. The van der Waals surface area contributed by atoms with Crippen LogP contribution in [0.3, 0.4) is 0 Å². The van der Waals surface area contributed by atoms with Crippen LogP contribution in [0.1, 0.15) is 34.8 Å². The van der Waals surface area contributed by atoms with Gasteiger partial charge in [-0.25, -0.2) is 14.5 Å². The number of nitrogens with one attached hydrogen (secondary N) is 1. The Balaban J connectivity index is 1.33. The summed E-state index contributed by atoms with van der Waals surface area (Å²) in [5.74, 6) is 0.471. The Bertz CT molecular complexity index is 1090. The number of piperidine rings is 1. The van der Waals surface area contributed by atoms with E-state index in [2.05, 4.69) is 20.1 Å². The zero-order chi connectivity index (χ0) is 17.5. The zero-order valence-electron chi connectivity index (χ0n) is 14.2. The summed E-state index contributed by atoms with van der Waals surface area (Å²) in [5.41, 5.74) is 4.52. The van der Waals surface area contributed by atoms with Crippen molar-refractivity contribution in [3.05, 3.63) is 60.3 Å². The summed E-state index contributed by atoms with van der Waals surface area (Å²) in [6.45, 7) is 1.49. The van der Waals surface area contributed by atoms with E-state index in [0.717, 1.165) is 42.6 Å². The van der Waals surface area contributed by atoms with Gasteiger partial charge in [-0.15, -0.1) is 0 Å². The number of rotatable bonds is 2. The third-order valence-electron chi connectivity index (χ3n) is 5.19. The minimum Gasteiger partial charge on any atom is -0.345 e. The lowest BCUT2D eigenvalue weighted by molar-refractivity contribution is 0.0712. The van der Waals surface area contributed by atoms with Crippen molar-refractivity contribution in [3.8, 4) is 0 Å². The average molecular weight is 346 g/mol. The van der Waals surface area contributed by atoms with Gasteiger partial charge in [0.05, 0.1) is 23.6 Å². The van der Waals surface area contributed by atoms with Gasteiger partial charge in [-0.05, 0) is 37.1 Å². The molecule has 1 aliphatic rings. The number of H-pyrrole nitrogens is 1. The molecule has 1 amide bonds. The largest absolute Gasteiger partial charge is 0.345 e. The smallest absolute Gasteiger partial charge is 0.253 e. The first kappa shape index (κ1) is 15.1. The second-order valence-corrected chi connectivity index (χ2v) is 6.67. The highest BCUT2D eigenvalue weighted by Gasteiger charge is 2.26. The summed E-state index contributed by atoms with van der Waals surface area (Å²) in [5, 5.41) is 4.38. The van der Waals surface area contributed by atoms with E-state index in [-0.39, 0.29) is 5.91 Å². The molecule has 1 fully saturated rings. The molecule has 1 saturated heterocycles. The van der Waals surface area contributed by atoms with E-state index in [9.17, 15) is 4.79 Å². The van der Waals surface area contributed by atoms with Crippen LogP contribution in [0, 0.1) is 0 Å². The first-order valence-electron chi connectivity index (χ1n) is 8.81. The number of benzene rings is 1. The van der Waals surface area contributed by atoms with Gasteiger partial charge in [-0.2, -0.15) is 5.10 Å². The van der Waals surface area contributed by atoms with Crippen LogP contribution >= 0.6 is 0 Å². The van der Waals surface area contributed by atoms with Gasteiger partial charge in [0.1, 0.15) is 0 Å². The molecule has 0 unspecified atom stereocenters. The Kier molecular flexibility index (Phi) is 3.44. The van der Waals surface area contributed by atoms with E-state index in [1.807, 2.05) is 45.9 Å². The number of nitrogens with zero attached hydrogens (tertiary/aromatic N) is 5. The molecule has 0 saturated carbocycles. The van der Waals surface area contributed by atoms with E-state index >= 15 is 0 Å². The molecule has 5 rings (SSSR count). The number of amides is 1. The molecule has 0 atom stereocenters. The van der Waals surface area contributed by atoms with Gasteiger partial charge < -0.3 is 9.88 Å². The van der Waals surface area contributed by atoms with Gasteiger partial charge in [0, 0.05) is 42.5 Å². The maximum absolute atomic E-state index is 12.8. The van der Waals surface area contributed by atoms with E-state index in [1.165, 1.54) is 5.69 Å². The van der Waals surface area contributed by atoms with Crippen LogP contribution in [0.25, 0.3) is 16.7 Å². The van der Waals surface area contributed by atoms with Crippen LogP contribution in [0.15, 0.2) is 49.1 Å². The molecule has 1 N–H and O–H groups in total. The van der Waals surface area contributed by atoms with E-state index in [1.54, 1.807) is 12.5 Å². The van der Waals surface area contributed by atoms with Crippen molar-refractivity contribution < 1.29 is 4.79 Å². The van der Waals surface area contributed by atoms with Crippen LogP contribution in [-0.4, -0.2) is 48.5 Å². The van der Waals surface area contributed by atoms with Gasteiger partial charge in [-0.3, -0.25) is 4.79 Å². The summed E-state index contributed by atoms with van der Waals surface area (Å²) in [4.78, 5) is 26.4. The van der Waals surface area contributed by atoms with Crippen LogP contribution in [0.4, 0.5) is 0 Å². The summed E-state index contributed by atoms with van der Waals surface area (Å²) in [6.07, 6.45) is 7.11. The van der Waals surface area contributed by atoms with Crippen molar-refractivity contribution in [2.24, 2.45) is 0 Å².